The van der Waals surface area contributed by atoms with Gasteiger partial charge in [0.05, 0.1) is 0 Å². The van der Waals surface area contributed by atoms with Gasteiger partial charge in [-0.25, -0.2) is 0 Å². The van der Waals surface area contributed by atoms with Crippen molar-refractivity contribution in [3.63, 3.8) is 0 Å². The Morgan fingerprint density at radius 3 is 1.10 bits per heavy atom. The van der Waals surface area contributed by atoms with Gasteiger partial charge in [0, 0.05) is 0 Å². The van der Waals surface area contributed by atoms with Crippen LogP contribution >= 0.6 is 0 Å². The summed E-state index contributed by atoms with van der Waals surface area (Å²) >= 11 is 0. The third kappa shape index (κ3) is 7.20. The summed E-state index contributed by atoms with van der Waals surface area (Å²) in [5.74, 6) is 3.18. The third-order valence-corrected chi connectivity index (χ3v) is 6.36. The van der Waals surface area contributed by atoms with Crippen molar-refractivity contribution >= 4 is 0 Å². The second-order valence-corrected chi connectivity index (χ2v) is 8.25. The Morgan fingerprint density at radius 1 is 0.381 bits per heavy atom. The molecule has 0 N–H and O–H groups in total. The largest absolute Gasteiger partial charge is 0.0625 e. The van der Waals surface area contributed by atoms with Gasteiger partial charge in [-0.2, -0.15) is 0 Å². The van der Waals surface area contributed by atoms with Crippen LogP contribution in [0.15, 0.2) is 0 Å². The lowest BCUT2D eigenvalue weighted by Crippen LogP contribution is -2.18. The van der Waals surface area contributed by atoms with Crippen LogP contribution in [-0.4, -0.2) is 0 Å². The number of hydrogen-bond donors (Lipinski definition) is 0. The van der Waals surface area contributed by atoms with E-state index in [0.717, 1.165) is 17.8 Å². The maximum absolute atomic E-state index is 2.48. The summed E-state index contributed by atoms with van der Waals surface area (Å²) in [6.45, 7) is 2.48. The summed E-state index contributed by atoms with van der Waals surface area (Å²) in [5.41, 5.74) is 0. The Bertz CT molecular complexity index is 238. The fraction of sp³-hybridized carbons (Fsp3) is 1.00. The van der Waals surface area contributed by atoms with Gasteiger partial charge in [-0.15, -0.1) is 0 Å². The van der Waals surface area contributed by atoms with E-state index in [1.807, 2.05) is 0 Å². The molecule has 0 aromatic rings. The van der Waals surface area contributed by atoms with Crippen LogP contribution in [0.5, 0.6) is 0 Å². The van der Waals surface area contributed by atoms with Crippen molar-refractivity contribution in [2.24, 2.45) is 17.8 Å². The van der Waals surface area contributed by atoms with Gasteiger partial charge in [0.15, 0.2) is 0 Å². The molecule has 124 valence electrons. The molecule has 2 rings (SSSR count). The second kappa shape index (κ2) is 10.7. The summed E-state index contributed by atoms with van der Waals surface area (Å²) < 4.78 is 0. The van der Waals surface area contributed by atoms with E-state index in [1.165, 1.54) is 83.5 Å². The van der Waals surface area contributed by atoms with Gasteiger partial charge < -0.3 is 0 Å². The van der Waals surface area contributed by atoms with Crippen molar-refractivity contribution in [3.05, 3.63) is 0 Å². The lowest BCUT2D eigenvalue weighted by Gasteiger charge is -2.30. The van der Waals surface area contributed by atoms with E-state index in [1.54, 1.807) is 25.7 Å². The molecule has 0 heterocycles. The molecule has 0 saturated heterocycles. The molecule has 0 aliphatic heterocycles. The predicted molar refractivity (Wildman–Crippen MR) is 94.6 cm³/mol. The first-order valence-corrected chi connectivity index (χ1v) is 10.4. The van der Waals surface area contributed by atoms with Gasteiger partial charge in [0.25, 0.3) is 0 Å². The molecule has 2 saturated carbocycles. The van der Waals surface area contributed by atoms with Crippen LogP contribution in [0.3, 0.4) is 0 Å². The molecule has 0 aromatic carbocycles. The molecule has 0 aromatic heterocycles. The van der Waals surface area contributed by atoms with Crippen molar-refractivity contribution in [1.82, 2.24) is 0 Å². The average molecular weight is 293 g/mol. The molecule has 0 amide bonds. The van der Waals surface area contributed by atoms with Crippen LogP contribution in [0.2, 0.25) is 0 Å². The predicted octanol–water partition coefficient (Wildman–Crippen LogP) is 7.51. The third-order valence-electron chi connectivity index (χ3n) is 6.36. The van der Waals surface area contributed by atoms with Crippen LogP contribution in [-0.2, 0) is 0 Å². The van der Waals surface area contributed by atoms with Crippen LogP contribution in [0, 0.1) is 17.8 Å². The van der Waals surface area contributed by atoms with Crippen molar-refractivity contribution in [2.75, 3.05) is 0 Å². The van der Waals surface area contributed by atoms with Crippen molar-refractivity contribution in [3.8, 4) is 0 Å². The lowest BCUT2D eigenvalue weighted by molar-refractivity contribution is 0.214. The van der Waals surface area contributed by atoms with Crippen LogP contribution in [0.4, 0.5) is 0 Å². The lowest BCUT2D eigenvalue weighted by atomic mass is 9.75. The molecule has 0 heteroatoms. The van der Waals surface area contributed by atoms with Crippen molar-refractivity contribution in [1.29, 1.82) is 0 Å². The van der Waals surface area contributed by atoms with E-state index in [4.69, 9.17) is 0 Å². The summed E-state index contributed by atoms with van der Waals surface area (Å²) in [6.07, 6.45) is 25.8. The minimum atomic E-state index is 0.988. The highest BCUT2D eigenvalue weighted by Gasteiger charge is 2.22. The van der Waals surface area contributed by atoms with E-state index in [0.29, 0.717) is 0 Å². The smallest absolute Gasteiger partial charge is 0.0386 e. The molecular formula is C21H40. The number of rotatable bonds is 1. The van der Waals surface area contributed by atoms with E-state index in [9.17, 15) is 0 Å². The molecule has 2 aliphatic rings. The van der Waals surface area contributed by atoms with E-state index in [-0.39, 0.29) is 0 Å². The molecule has 2 aliphatic carbocycles. The zero-order chi connectivity index (χ0) is 14.8. The zero-order valence-electron chi connectivity index (χ0n) is 14.8. The monoisotopic (exact) mass is 292 g/mol. The van der Waals surface area contributed by atoms with Gasteiger partial charge in [-0.05, 0) is 17.8 Å². The first-order valence-electron chi connectivity index (χ1n) is 10.4. The molecule has 0 spiro atoms. The average Bonchev–Trinajstić information content (AvgIpc) is 2.52. The maximum atomic E-state index is 2.48. The summed E-state index contributed by atoms with van der Waals surface area (Å²) in [4.78, 5) is 0. The van der Waals surface area contributed by atoms with E-state index < -0.39 is 0 Å². The normalized spacial score (nSPS) is 32.4. The highest BCUT2D eigenvalue weighted by atomic mass is 14.3. The Balaban J connectivity index is 1.76. The summed E-state index contributed by atoms with van der Waals surface area (Å²) in [7, 11) is 0. The molecule has 2 atom stereocenters. The van der Waals surface area contributed by atoms with Gasteiger partial charge in [-0.1, -0.05) is 116 Å². The van der Waals surface area contributed by atoms with E-state index >= 15 is 0 Å². The van der Waals surface area contributed by atoms with Crippen molar-refractivity contribution in [2.45, 2.75) is 116 Å². The maximum Gasteiger partial charge on any atom is -0.0386 e. The molecule has 2 unspecified atom stereocenters. The quantitative estimate of drug-likeness (QED) is 0.469. The minimum absolute atomic E-state index is 0.988. The Morgan fingerprint density at radius 2 is 0.667 bits per heavy atom. The standard InChI is InChI=1S/C21H40/c1-19-13-7-3-2-4-9-15-20(16-10-5-8-14-19)21-17-11-6-12-18-21/h19-21H,2-18H2,1H3. The molecule has 0 nitrogen and oxygen atoms in total. The first kappa shape index (κ1) is 17.4. The SMILES string of the molecule is CC1CCCCCCCC(C2CCCCC2)CCCCC1. The van der Waals surface area contributed by atoms with Crippen LogP contribution in [0.1, 0.15) is 116 Å². The molecule has 2 fully saturated rings. The van der Waals surface area contributed by atoms with Gasteiger partial charge in [0.1, 0.15) is 0 Å². The fourth-order valence-electron chi connectivity index (χ4n) is 4.87. The van der Waals surface area contributed by atoms with Crippen LogP contribution in [0.25, 0.3) is 0 Å². The van der Waals surface area contributed by atoms with Crippen LogP contribution < -0.4 is 0 Å². The first-order chi connectivity index (χ1) is 10.4. The highest BCUT2D eigenvalue weighted by Crippen LogP contribution is 2.36. The number of hydrogen-bond acceptors (Lipinski definition) is 0. The summed E-state index contributed by atoms with van der Waals surface area (Å²) in [6, 6.07) is 0. The fourth-order valence-corrected chi connectivity index (χ4v) is 4.87. The molecular weight excluding hydrogens is 252 g/mol. The molecule has 0 radical (unpaired) electrons. The zero-order valence-corrected chi connectivity index (χ0v) is 14.8. The second-order valence-electron chi connectivity index (χ2n) is 8.25. The Hall–Kier alpha value is 0. The van der Waals surface area contributed by atoms with Crippen molar-refractivity contribution < 1.29 is 0 Å². The Kier molecular flexibility index (Phi) is 8.83. The van der Waals surface area contributed by atoms with Gasteiger partial charge >= 0.3 is 0 Å². The van der Waals surface area contributed by atoms with Gasteiger partial charge in [0.2, 0.25) is 0 Å². The van der Waals surface area contributed by atoms with Gasteiger partial charge in [-0.3, -0.25) is 0 Å². The summed E-state index contributed by atoms with van der Waals surface area (Å²) in [5, 5.41) is 0. The Labute approximate surface area is 134 Å². The highest BCUT2D eigenvalue weighted by molar-refractivity contribution is 4.74. The van der Waals surface area contributed by atoms with E-state index in [2.05, 4.69) is 6.92 Å². The molecule has 0 bridgehead atoms. The topological polar surface area (TPSA) is 0 Å². The molecule has 21 heavy (non-hydrogen) atoms. The minimum Gasteiger partial charge on any atom is -0.0625 e.